The Kier molecular flexibility index (Phi) is 5.21. The molecule has 0 atom stereocenters. The van der Waals surface area contributed by atoms with Crippen molar-refractivity contribution in [1.82, 2.24) is 9.88 Å². The lowest BCUT2D eigenvalue weighted by atomic mass is 9.97. The minimum atomic E-state index is -0.0561. The number of anilines is 1. The predicted molar refractivity (Wildman–Crippen MR) is 89.0 cm³/mol. The first-order valence-corrected chi connectivity index (χ1v) is 7.89. The van der Waals surface area contributed by atoms with Crippen LogP contribution in [-0.4, -0.2) is 35.6 Å². The highest BCUT2D eigenvalue weighted by Gasteiger charge is 2.30. The molecule has 1 aliphatic heterocycles. The van der Waals surface area contributed by atoms with Gasteiger partial charge in [-0.1, -0.05) is 30.3 Å². The van der Waals surface area contributed by atoms with E-state index in [-0.39, 0.29) is 6.03 Å². The maximum Gasteiger partial charge on any atom is 0.321 e. The fraction of sp³-hybridized carbons (Fsp3) is 0.333. The van der Waals surface area contributed by atoms with Crippen molar-refractivity contribution >= 4 is 11.7 Å². The standard InChI is InChI=1S/C18H21N3O2/c22-18(20-17-7-4-9-19-11-17)21-12-16(13-21)8-10-23-14-15-5-2-1-3-6-15/h1-7,9,11,16H,8,10,12-14H2,(H,20,22). The number of nitrogens with one attached hydrogen (secondary N) is 1. The van der Waals surface area contributed by atoms with Crippen LogP contribution in [0.25, 0.3) is 0 Å². The normalized spacial score (nSPS) is 14.3. The van der Waals surface area contributed by atoms with E-state index in [0.29, 0.717) is 12.5 Å². The van der Waals surface area contributed by atoms with Crippen molar-refractivity contribution in [2.75, 3.05) is 25.0 Å². The number of amides is 2. The monoisotopic (exact) mass is 311 g/mol. The molecular weight excluding hydrogens is 290 g/mol. The number of pyridine rings is 1. The number of carbonyl (C=O) groups is 1. The Bertz CT molecular complexity index is 613. The minimum absolute atomic E-state index is 0.0561. The van der Waals surface area contributed by atoms with Crippen molar-refractivity contribution in [3.63, 3.8) is 0 Å². The van der Waals surface area contributed by atoms with Crippen molar-refractivity contribution in [3.8, 4) is 0 Å². The number of nitrogens with zero attached hydrogens (tertiary/aromatic N) is 2. The van der Waals surface area contributed by atoms with Gasteiger partial charge in [0, 0.05) is 25.9 Å². The van der Waals surface area contributed by atoms with Gasteiger partial charge in [-0.05, 0) is 30.0 Å². The van der Waals surface area contributed by atoms with Gasteiger partial charge in [0.15, 0.2) is 0 Å². The molecule has 0 aliphatic carbocycles. The summed E-state index contributed by atoms with van der Waals surface area (Å²) in [6.45, 7) is 2.97. The molecule has 0 saturated carbocycles. The van der Waals surface area contributed by atoms with Gasteiger partial charge in [0.2, 0.25) is 0 Å². The maximum absolute atomic E-state index is 12.0. The molecule has 1 fully saturated rings. The van der Waals surface area contributed by atoms with Crippen molar-refractivity contribution in [2.24, 2.45) is 5.92 Å². The molecule has 1 aromatic carbocycles. The van der Waals surface area contributed by atoms with Gasteiger partial charge in [-0.2, -0.15) is 0 Å². The Labute approximate surface area is 136 Å². The van der Waals surface area contributed by atoms with E-state index >= 15 is 0 Å². The third-order valence-corrected chi connectivity index (χ3v) is 3.94. The molecule has 0 radical (unpaired) electrons. The van der Waals surface area contributed by atoms with Crippen molar-refractivity contribution < 1.29 is 9.53 Å². The number of aromatic nitrogens is 1. The molecule has 0 bridgehead atoms. The SMILES string of the molecule is O=C(Nc1cccnc1)N1CC(CCOCc2ccccc2)C1. The molecule has 3 rings (SSSR count). The average Bonchev–Trinajstić information content (AvgIpc) is 2.54. The lowest BCUT2D eigenvalue weighted by Gasteiger charge is -2.39. The molecular formula is C18H21N3O2. The van der Waals surface area contributed by atoms with E-state index in [1.54, 1.807) is 18.5 Å². The molecule has 5 nitrogen and oxygen atoms in total. The van der Waals surface area contributed by atoms with Crippen LogP contribution in [0.2, 0.25) is 0 Å². The predicted octanol–water partition coefficient (Wildman–Crippen LogP) is 3.15. The summed E-state index contributed by atoms with van der Waals surface area (Å²) in [6, 6.07) is 13.7. The summed E-state index contributed by atoms with van der Waals surface area (Å²) in [4.78, 5) is 17.8. The van der Waals surface area contributed by atoms with Crippen LogP contribution < -0.4 is 5.32 Å². The molecule has 23 heavy (non-hydrogen) atoms. The van der Waals surface area contributed by atoms with Gasteiger partial charge < -0.3 is 15.0 Å². The number of likely N-dealkylation sites (tertiary alicyclic amines) is 1. The Balaban J connectivity index is 1.30. The highest BCUT2D eigenvalue weighted by Crippen LogP contribution is 2.20. The maximum atomic E-state index is 12.0. The number of hydrogen-bond acceptors (Lipinski definition) is 3. The molecule has 0 unspecified atom stereocenters. The lowest BCUT2D eigenvalue weighted by molar-refractivity contribution is 0.0691. The molecule has 120 valence electrons. The average molecular weight is 311 g/mol. The molecule has 1 aliphatic rings. The summed E-state index contributed by atoms with van der Waals surface area (Å²) in [7, 11) is 0. The molecule has 5 heteroatoms. The molecule has 2 aromatic rings. The van der Waals surface area contributed by atoms with Gasteiger partial charge in [0.1, 0.15) is 0 Å². The van der Waals surface area contributed by atoms with E-state index in [9.17, 15) is 4.79 Å². The summed E-state index contributed by atoms with van der Waals surface area (Å²) in [5.74, 6) is 0.533. The van der Waals surface area contributed by atoms with Gasteiger partial charge in [-0.25, -0.2) is 4.79 Å². The Morgan fingerprint density at radius 1 is 1.22 bits per heavy atom. The van der Waals surface area contributed by atoms with Crippen LogP contribution in [0.15, 0.2) is 54.9 Å². The third-order valence-electron chi connectivity index (χ3n) is 3.94. The van der Waals surface area contributed by atoms with Crippen LogP contribution in [0, 0.1) is 5.92 Å². The van der Waals surface area contributed by atoms with Crippen molar-refractivity contribution in [1.29, 1.82) is 0 Å². The Morgan fingerprint density at radius 2 is 2.04 bits per heavy atom. The molecule has 2 heterocycles. The Hall–Kier alpha value is -2.40. The van der Waals surface area contributed by atoms with E-state index in [4.69, 9.17) is 4.74 Å². The quantitative estimate of drug-likeness (QED) is 0.834. The summed E-state index contributed by atoms with van der Waals surface area (Å²) in [5, 5.41) is 2.85. The number of hydrogen-bond donors (Lipinski definition) is 1. The zero-order valence-corrected chi connectivity index (χ0v) is 13.0. The molecule has 0 spiro atoms. The van der Waals surface area contributed by atoms with Gasteiger partial charge >= 0.3 is 6.03 Å². The number of carbonyl (C=O) groups excluding carboxylic acids is 1. The first-order chi connectivity index (χ1) is 11.3. The first kappa shape index (κ1) is 15.5. The largest absolute Gasteiger partial charge is 0.377 e. The van der Waals surface area contributed by atoms with Crippen molar-refractivity contribution in [3.05, 3.63) is 60.4 Å². The number of urea groups is 1. The second kappa shape index (κ2) is 7.74. The highest BCUT2D eigenvalue weighted by atomic mass is 16.5. The van der Waals surface area contributed by atoms with Crippen molar-refractivity contribution in [2.45, 2.75) is 13.0 Å². The fourth-order valence-corrected chi connectivity index (χ4v) is 2.57. The third kappa shape index (κ3) is 4.53. The summed E-state index contributed by atoms with van der Waals surface area (Å²) in [5.41, 5.74) is 1.92. The van der Waals surface area contributed by atoms with Gasteiger partial charge in [0.25, 0.3) is 0 Å². The molecule has 1 saturated heterocycles. The van der Waals surface area contributed by atoms with E-state index in [1.165, 1.54) is 5.56 Å². The smallest absolute Gasteiger partial charge is 0.321 e. The van der Waals surface area contributed by atoms with Crippen LogP contribution >= 0.6 is 0 Å². The highest BCUT2D eigenvalue weighted by molar-refractivity contribution is 5.89. The molecule has 1 N–H and O–H groups in total. The van der Waals surface area contributed by atoms with E-state index in [2.05, 4.69) is 22.4 Å². The lowest BCUT2D eigenvalue weighted by Crippen LogP contribution is -2.51. The minimum Gasteiger partial charge on any atom is -0.377 e. The molecule has 1 aromatic heterocycles. The van der Waals surface area contributed by atoms with Crippen LogP contribution in [0.5, 0.6) is 0 Å². The topological polar surface area (TPSA) is 54.5 Å². The zero-order valence-electron chi connectivity index (χ0n) is 13.0. The number of benzene rings is 1. The number of ether oxygens (including phenoxy) is 1. The Morgan fingerprint density at radius 3 is 2.78 bits per heavy atom. The van der Waals surface area contributed by atoms with Crippen LogP contribution in [-0.2, 0) is 11.3 Å². The fourth-order valence-electron chi connectivity index (χ4n) is 2.57. The van der Waals surface area contributed by atoms with Gasteiger partial charge in [-0.15, -0.1) is 0 Å². The molecule has 2 amide bonds. The summed E-state index contributed by atoms with van der Waals surface area (Å²) in [6.07, 6.45) is 4.32. The van der Waals surface area contributed by atoms with Gasteiger partial charge in [-0.3, -0.25) is 4.98 Å². The second-order valence-corrected chi connectivity index (χ2v) is 5.77. The van der Waals surface area contributed by atoms with Crippen LogP contribution in [0.1, 0.15) is 12.0 Å². The van der Waals surface area contributed by atoms with Gasteiger partial charge in [0.05, 0.1) is 18.5 Å². The van der Waals surface area contributed by atoms with E-state index < -0.39 is 0 Å². The number of rotatable bonds is 6. The zero-order chi connectivity index (χ0) is 15.9. The van der Waals surface area contributed by atoms with E-state index in [0.717, 1.165) is 31.8 Å². The summed E-state index contributed by atoms with van der Waals surface area (Å²) < 4.78 is 5.69. The summed E-state index contributed by atoms with van der Waals surface area (Å²) >= 11 is 0. The van der Waals surface area contributed by atoms with Crippen LogP contribution in [0.4, 0.5) is 10.5 Å². The first-order valence-electron chi connectivity index (χ1n) is 7.89. The second-order valence-electron chi connectivity index (χ2n) is 5.77. The van der Waals surface area contributed by atoms with E-state index in [1.807, 2.05) is 29.2 Å². The van der Waals surface area contributed by atoms with Crippen LogP contribution in [0.3, 0.4) is 0 Å².